The van der Waals surface area contributed by atoms with E-state index in [9.17, 15) is 4.39 Å². The van der Waals surface area contributed by atoms with Crippen molar-refractivity contribution in [2.75, 3.05) is 0 Å². The van der Waals surface area contributed by atoms with Gasteiger partial charge in [-0.1, -0.05) is 32.4 Å². The number of hydrogen-bond acceptors (Lipinski definition) is 2. The highest BCUT2D eigenvalue weighted by molar-refractivity contribution is 7.13. The van der Waals surface area contributed by atoms with Crippen LogP contribution in [-0.2, 0) is 6.54 Å². The molecule has 1 heterocycles. The predicted molar refractivity (Wildman–Crippen MR) is 88.0 cm³/mol. The molecule has 1 unspecified atom stereocenters. The highest BCUT2D eigenvalue weighted by Crippen LogP contribution is 2.37. The predicted octanol–water partition coefficient (Wildman–Crippen LogP) is 5.22. The molecule has 3 heteroatoms. The van der Waals surface area contributed by atoms with Gasteiger partial charge in [-0.3, -0.25) is 0 Å². The minimum atomic E-state index is -0.137. The van der Waals surface area contributed by atoms with Crippen LogP contribution in [-0.4, -0.2) is 6.04 Å². The van der Waals surface area contributed by atoms with Gasteiger partial charge in [-0.2, -0.15) is 0 Å². The molecule has 1 fully saturated rings. The second-order valence-electron chi connectivity index (χ2n) is 6.61. The van der Waals surface area contributed by atoms with Gasteiger partial charge < -0.3 is 5.32 Å². The largest absolute Gasteiger partial charge is 0.309 e. The Labute approximate surface area is 130 Å². The first-order valence-electron chi connectivity index (χ1n) is 7.62. The summed E-state index contributed by atoms with van der Waals surface area (Å²) in [6, 6.07) is 9.96. The van der Waals surface area contributed by atoms with Crippen LogP contribution in [0.5, 0.6) is 0 Å². The van der Waals surface area contributed by atoms with Gasteiger partial charge in [-0.25, -0.2) is 4.39 Å². The maximum Gasteiger partial charge on any atom is 0.131 e. The Morgan fingerprint density at radius 2 is 2.19 bits per heavy atom. The zero-order valence-electron chi connectivity index (χ0n) is 12.7. The molecule has 1 aliphatic rings. The van der Waals surface area contributed by atoms with Crippen LogP contribution in [0.4, 0.5) is 4.39 Å². The van der Waals surface area contributed by atoms with Crippen LogP contribution in [0.3, 0.4) is 0 Å². The van der Waals surface area contributed by atoms with Gasteiger partial charge in [0.05, 0.1) is 0 Å². The third-order valence-electron chi connectivity index (χ3n) is 4.63. The minimum absolute atomic E-state index is 0.137. The molecule has 0 aliphatic heterocycles. The zero-order chi connectivity index (χ0) is 14.9. The molecule has 1 saturated carbocycles. The van der Waals surface area contributed by atoms with Crippen LogP contribution >= 0.6 is 11.3 Å². The molecule has 1 aliphatic carbocycles. The highest BCUT2D eigenvalue weighted by Gasteiger charge is 2.33. The molecule has 1 atom stereocenters. The third-order valence-corrected chi connectivity index (χ3v) is 5.53. The molecule has 1 aromatic heterocycles. The number of rotatable bonds is 4. The van der Waals surface area contributed by atoms with Crippen LogP contribution < -0.4 is 5.32 Å². The van der Waals surface area contributed by atoms with E-state index in [4.69, 9.17) is 0 Å². The van der Waals surface area contributed by atoms with Crippen molar-refractivity contribution in [1.82, 2.24) is 5.32 Å². The maximum atomic E-state index is 14.0. The summed E-state index contributed by atoms with van der Waals surface area (Å²) in [7, 11) is 0. The van der Waals surface area contributed by atoms with Crippen LogP contribution in [0.25, 0.3) is 10.4 Å². The van der Waals surface area contributed by atoms with Crippen LogP contribution in [0.1, 0.15) is 38.7 Å². The monoisotopic (exact) mass is 303 g/mol. The number of hydrogen-bond donors (Lipinski definition) is 1. The van der Waals surface area contributed by atoms with Crippen LogP contribution in [0, 0.1) is 11.2 Å². The molecule has 0 spiro atoms. The van der Waals surface area contributed by atoms with Crippen molar-refractivity contribution in [2.45, 2.75) is 45.7 Å². The van der Waals surface area contributed by atoms with Crippen molar-refractivity contribution in [3.8, 4) is 10.4 Å². The smallest absolute Gasteiger partial charge is 0.131 e. The fourth-order valence-electron chi connectivity index (χ4n) is 3.25. The lowest BCUT2D eigenvalue weighted by molar-refractivity contribution is 0.282. The Bertz CT molecular complexity index is 604. The Morgan fingerprint density at radius 1 is 1.33 bits per heavy atom. The first-order chi connectivity index (χ1) is 10.1. The van der Waals surface area contributed by atoms with Gasteiger partial charge >= 0.3 is 0 Å². The van der Waals surface area contributed by atoms with E-state index in [0.29, 0.717) is 11.5 Å². The summed E-state index contributed by atoms with van der Waals surface area (Å²) in [4.78, 5) is 0.996. The van der Waals surface area contributed by atoms with Crippen LogP contribution in [0.15, 0.2) is 35.7 Å². The number of halogens is 1. The van der Waals surface area contributed by atoms with E-state index in [1.165, 1.54) is 19.3 Å². The lowest BCUT2D eigenvalue weighted by Crippen LogP contribution is -2.37. The van der Waals surface area contributed by atoms with Crippen molar-refractivity contribution in [3.05, 3.63) is 47.1 Å². The first kappa shape index (κ1) is 14.7. The summed E-state index contributed by atoms with van der Waals surface area (Å²) in [5.41, 5.74) is 2.24. The fourth-order valence-corrected chi connectivity index (χ4v) is 3.99. The molecule has 1 N–H and O–H groups in total. The van der Waals surface area contributed by atoms with Gasteiger partial charge in [-0.05, 0) is 47.4 Å². The van der Waals surface area contributed by atoms with Crippen LogP contribution in [0.2, 0.25) is 0 Å². The molecule has 112 valence electrons. The lowest BCUT2D eigenvalue weighted by atomic mass is 9.87. The van der Waals surface area contributed by atoms with Crippen molar-refractivity contribution in [3.63, 3.8) is 0 Å². The summed E-state index contributed by atoms with van der Waals surface area (Å²) >= 11 is 1.58. The Balaban J connectivity index is 1.73. The van der Waals surface area contributed by atoms with Gasteiger partial charge in [-0.15, -0.1) is 11.3 Å². The molecule has 0 amide bonds. The SMILES string of the molecule is CC1(C)CCCC1NCc1ccc(F)c(-c2cccs2)c1. The van der Waals surface area contributed by atoms with E-state index < -0.39 is 0 Å². The summed E-state index contributed by atoms with van der Waals surface area (Å²) in [5.74, 6) is -0.137. The summed E-state index contributed by atoms with van der Waals surface area (Å²) < 4.78 is 14.0. The van der Waals surface area contributed by atoms with E-state index >= 15 is 0 Å². The van der Waals surface area contributed by atoms with E-state index in [0.717, 1.165) is 22.5 Å². The third kappa shape index (κ3) is 3.19. The van der Waals surface area contributed by atoms with Gasteiger partial charge in [0.2, 0.25) is 0 Å². The zero-order valence-corrected chi connectivity index (χ0v) is 13.5. The van der Waals surface area contributed by atoms with Gasteiger partial charge in [0, 0.05) is 23.0 Å². The Hall–Kier alpha value is -1.19. The van der Waals surface area contributed by atoms with Gasteiger partial charge in [0.25, 0.3) is 0 Å². The molecular weight excluding hydrogens is 281 g/mol. The second kappa shape index (κ2) is 5.90. The number of benzene rings is 1. The van der Waals surface area contributed by atoms with E-state index in [2.05, 4.69) is 19.2 Å². The topological polar surface area (TPSA) is 12.0 Å². The molecule has 21 heavy (non-hydrogen) atoms. The summed E-state index contributed by atoms with van der Waals surface area (Å²) in [6.07, 6.45) is 3.83. The molecular formula is C18H22FNS. The molecule has 1 aromatic carbocycles. The minimum Gasteiger partial charge on any atom is -0.309 e. The Kier molecular flexibility index (Phi) is 4.14. The fraction of sp³-hybridized carbons (Fsp3) is 0.444. The highest BCUT2D eigenvalue weighted by atomic mass is 32.1. The first-order valence-corrected chi connectivity index (χ1v) is 8.50. The molecule has 2 aromatic rings. The molecule has 0 saturated heterocycles. The van der Waals surface area contributed by atoms with Gasteiger partial charge in [0.1, 0.15) is 5.82 Å². The normalized spacial score (nSPS) is 20.8. The van der Waals surface area contributed by atoms with E-state index in [-0.39, 0.29) is 5.82 Å². The summed E-state index contributed by atoms with van der Waals surface area (Å²) in [5, 5.41) is 5.65. The van der Waals surface area contributed by atoms with Gasteiger partial charge in [0.15, 0.2) is 0 Å². The molecule has 3 rings (SSSR count). The van der Waals surface area contributed by atoms with E-state index in [1.807, 2.05) is 29.6 Å². The van der Waals surface area contributed by atoms with Crippen molar-refractivity contribution >= 4 is 11.3 Å². The maximum absolute atomic E-state index is 14.0. The van der Waals surface area contributed by atoms with Crippen molar-refractivity contribution in [1.29, 1.82) is 0 Å². The summed E-state index contributed by atoms with van der Waals surface area (Å²) in [6.45, 7) is 5.48. The van der Waals surface area contributed by atoms with E-state index in [1.54, 1.807) is 17.4 Å². The average Bonchev–Trinajstić information content (AvgIpc) is 3.07. The quantitative estimate of drug-likeness (QED) is 0.816. The second-order valence-corrected chi connectivity index (χ2v) is 7.55. The molecule has 0 radical (unpaired) electrons. The molecule has 0 bridgehead atoms. The number of nitrogens with one attached hydrogen (secondary N) is 1. The average molecular weight is 303 g/mol. The Morgan fingerprint density at radius 3 is 2.86 bits per heavy atom. The lowest BCUT2D eigenvalue weighted by Gasteiger charge is -2.28. The van der Waals surface area contributed by atoms with Crippen molar-refractivity contribution in [2.24, 2.45) is 5.41 Å². The standard InChI is InChI=1S/C18H22FNS/c1-18(2)9-3-6-17(18)20-12-13-7-8-15(19)14(11-13)16-5-4-10-21-16/h4-5,7-8,10-11,17,20H,3,6,9,12H2,1-2H3. The molecule has 1 nitrogen and oxygen atoms in total. The number of thiophene rings is 1. The van der Waals surface area contributed by atoms with Crippen molar-refractivity contribution < 1.29 is 4.39 Å².